The van der Waals surface area contributed by atoms with Gasteiger partial charge in [0.1, 0.15) is 5.82 Å². The minimum atomic E-state index is -0.288. The topological polar surface area (TPSA) is 24.9 Å². The maximum absolute atomic E-state index is 13.4. The summed E-state index contributed by atoms with van der Waals surface area (Å²) in [4.78, 5) is 3.97. The fourth-order valence-electron chi connectivity index (χ4n) is 2.95. The summed E-state index contributed by atoms with van der Waals surface area (Å²) in [6.45, 7) is 0. The number of benzene rings is 1. The van der Waals surface area contributed by atoms with Gasteiger partial charge in [0.25, 0.3) is 0 Å². The van der Waals surface area contributed by atoms with E-state index in [0.717, 1.165) is 5.56 Å². The normalized spacial score (nSPS) is 16.7. The average Bonchev–Trinajstić information content (AvgIpc) is 2.40. The molecule has 0 radical (unpaired) electrons. The molecule has 2 aromatic rings. The highest BCUT2D eigenvalue weighted by Gasteiger charge is 2.25. The molecule has 2 nitrogen and oxygen atoms in total. The van der Waals surface area contributed by atoms with Crippen LogP contribution in [-0.4, -0.2) is 12.0 Å². The Bertz CT molecular complexity index is 593. The second-order valence-electron chi connectivity index (χ2n) is 5.41. The number of aromatic nitrogens is 1. The summed E-state index contributed by atoms with van der Waals surface area (Å²) in [7, 11) is 1.91. The van der Waals surface area contributed by atoms with Crippen molar-refractivity contribution < 1.29 is 4.39 Å². The van der Waals surface area contributed by atoms with Gasteiger partial charge in [-0.15, -0.1) is 0 Å². The van der Waals surface area contributed by atoms with E-state index in [2.05, 4.69) is 34.6 Å². The van der Waals surface area contributed by atoms with Gasteiger partial charge in [-0.05, 0) is 48.6 Å². The van der Waals surface area contributed by atoms with Crippen molar-refractivity contribution in [1.82, 2.24) is 10.3 Å². The summed E-state index contributed by atoms with van der Waals surface area (Å²) in [5, 5.41) is 3.30. The molecule has 0 spiro atoms. The summed E-state index contributed by atoms with van der Waals surface area (Å²) in [5.41, 5.74) is 3.51. The van der Waals surface area contributed by atoms with Crippen LogP contribution in [0.2, 0.25) is 0 Å². The smallest absolute Gasteiger partial charge is 0.141 e. The molecule has 1 unspecified atom stereocenters. The molecule has 1 N–H and O–H groups in total. The number of hydrogen-bond donors (Lipinski definition) is 1. The van der Waals surface area contributed by atoms with Gasteiger partial charge in [-0.2, -0.15) is 0 Å². The van der Waals surface area contributed by atoms with E-state index in [1.165, 1.54) is 36.6 Å². The van der Waals surface area contributed by atoms with Gasteiger partial charge in [0.15, 0.2) is 0 Å². The fourth-order valence-corrected chi connectivity index (χ4v) is 2.95. The summed E-state index contributed by atoms with van der Waals surface area (Å²) >= 11 is 0. The average molecular weight is 270 g/mol. The van der Waals surface area contributed by atoms with Crippen LogP contribution in [-0.2, 0) is 0 Å². The molecule has 1 aliphatic carbocycles. The molecule has 3 heteroatoms. The molecule has 1 fully saturated rings. The second-order valence-corrected chi connectivity index (χ2v) is 5.41. The Morgan fingerprint density at radius 1 is 1.25 bits per heavy atom. The molecule has 0 aliphatic heterocycles. The van der Waals surface area contributed by atoms with E-state index in [4.69, 9.17) is 0 Å². The van der Waals surface area contributed by atoms with Crippen LogP contribution >= 0.6 is 0 Å². The molecular weight excluding hydrogens is 251 g/mol. The molecule has 1 heterocycles. The Hall–Kier alpha value is -1.74. The zero-order valence-electron chi connectivity index (χ0n) is 11.6. The first-order valence-corrected chi connectivity index (χ1v) is 7.16. The zero-order valence-corrected chi connectivity index (χ0v) is 11.6. The molecule has 104 valence electrons. The maximum Gasteiger partial charge on any atom is 0.141 e. The lowest BCUT2D eigenvalue weighted by atomic mass is 9.76. The highest BCUT2D eigenvalue weighted by atomic mass is 19.1. The number of pyridine rings is 1. The van der Waals surface area contributed by atoms with Gasteiger partial charge in [0.2, 0.25) is 0 Å². The summed E-state index contributed by atoms with van der Waals surface area (Å²) < 4.78 is 13.4. The van der Waals surface area contributed by atoms with Gasteiger partial charge >= 0.3 is 0 Å². The maximum atomic E-state index is 13.4. The van der Waals surface area contributed by atoms with Crippen LogP contribution < -0.4 is 5.32 Å². The SMILES string of the molecule is CNC(c1cncc(F)c1)c1ccccc1C1CCC1. The van der Waals surface area contributed by atoms with Crippen molar-refractivity contribution in [3.05, 3.63) is 65.2 Å². The second kappa shape index (κ2) is 5.71. The Labute approximate surface area is 119 Å². The van der Waals surface area contributed by atoms with Crippen LogP contribution in [0.3, 0.4) is 0 Å². The highest BCUT2D eigenvalue weighted by molar-refractivity contribution is 5.39. The molecular formula is C17H19FN2. The standard InChI is InChI=1S/C17H19FN2/c1-19-17(13-9-14(18)11-20-10-13)16-8-3-2-7-15(16)12-5-4-6-12/h2-3,7-12,17,19H,4-6H2,1H3. The lowest BCUT2D eigenvalue weighted by Crippen LogP contribution is -2.22. The number of nitrogens with zero attached hydrogens (tertiary/aromatic N) is 1. The third-order valence-electron chi connectivity index (χ3n) is 4.20. The van der Waals surface area contributed by atoms with Crippen LogP contribution in [0.25, 0.3) is 0 Å². The monoisotopic (exact) mass is 270 g/mol. The number of halogens is 1. The minimum Gasteiger partial charge on any atom is -0.309 e. The fraction of sp³-hybridized carbons (Fsp3) is 0.353. The van der Waals surface area contributed by atoms with Crippen molar-refractivity contribution in [1.29, 1.82) is 0 Å². The molecule has 0 saturated heterocycles. The first-order valence-electron chi connectivity index (χ1n) is 7.16. The largest absolute Gasteiger partial charge is 0.309 e. The first-order chi connectivity index (χ1) is 9.79. The zero-order chi connectivity index (χ0) is 13.9. The van der Waals surface area contributed by atoms with E-state index in [-0.39, 0.29) is 11.9 Å². The molecule has 3 rings (SSSR count). The van der Waals surface area contributed by atoms with Gasteiger partial charge in [-0.25, -0.2) is 4.39 Å². The quantitative estimate of drug-likeness (QED) is 0.914. The molecule has 0 bridgehead atoms. The number of rotatable bonds is 4. The van der Waals surface area contributed by atoms with Gasteiger partial charge in [-0.1, -0.05) is 30.7 Å². The highest BCUT2D eigenvalue weighted by Crippen LogP contribution is 2.40. The molecule has 20 heavy (non-hydrogen) atoms. The van der Waals surface area contributed by atoms with Gasteiger partial charge in [0, 0.05) is 6.20 Å². The Morgan fingerprint density at radius 3 is 2.70 bits per heavy atom. The lowest BCUT2D eigenvalue weighted by molar-refractivity contribution is 0.415. The Balaban J connectivity index is 2.01. The Morgan fingerprint density at radius 2 is 2.05 bits per heavy atom. The number of nitrogens with one attached hydrogen (secondary N) is 1. The Kier molecular flexibility index (Phi) is 3.79. The third kappa shape index (κ3) is 2.46. The van der Waals surface area contributed by atoms with Crippen LogP contribution in [0.15, 0.2) is 42.7 Å². The summed E-state index contributed by atoms with van der Waals surface area (Å²) in [5.74, 6) is 0.368. The predicted octanol–water partition coefficient (Wildman–Crippen LogP) is 3.80. The molecule has 1 aliphatic rings. The van der Waals surface area contributed by atoms with E-state index in [1.54, 1.807) is 12.3 Å². The van der Waals surface area contributed by atoms with E-state index in [1.807, 2.05) is 7.05 Å². The predicted molar refractivity (Wildman–Crippen MR) is 78.1 cm³/mol. The molecule has 1 aromatic carbocycles. The summed E-state index contributed by atoms with van der Waals surface area (Å²) in [6, 6.07) is 10.0. The van der Waals surface area contributed by atoms with E-state index >= 15 is 0 Å². The van der Waals surface area contributed by atoms with Crippen LogP contribution in [0.4, 0.5) is 4.39 Å². The van der Waals surface area contributed by atoms with Crippen molar-refractivity contribution in [2.75, 3.05) is 7.05 Å². The molecule has 1 atom stereocenters. The van der Waals surface area contributed by atoms with Crippen LogP contribution in [0.1, 0.15) is 47.9 Å². The van der Waals surface area contributed by atoms with E-state index < -0.39 is 0 Å². The molecule has 1 aromatic heterocycles. The van der Waals surface area contributed by atoms with Gasteiger partial charge < -0.3 is 5.32 Å². The summed E-state index contributed by atoms with van der Waals surface area (Å²) in [6.07, 6.45) is 6.81. The van der Waals surface area contributed by atoms with E-state index in [0.29, 0.717) is 5.92 Å². The van der Waals surface area contributed by atoms with Gasteiger partial charge in [-0.3, -0.25) is 4.98 Å². The van der Waals surface area contributed by atoms with Crippen LogP contribution in [0, 0.1) is 5.82 Å². The molecule has 0 amide bonds. The van der Waals surface area contributed by atoms with Gasteiger partial charge in [0.05, 0.1) is 12.2 Å². The van der Waals surface area contributed by atoms with Crippen molar-refractivity contribution in [2.24, 2.45) is 0 Å². The minimum absolute atomic E-state index is 0.00463. The van der Waals surface area contributed by atoms with Crippen molar-refractivity contribution in [2.45, 2.75) is 31.2 Å². The first kappa shape index (κ1) is 13.3. The van der Waals surface area contributed by atoms with Crippen molar-refractivity contribution in [3.63, 3.8) is 0 Å². The van der Waals surface area contributed by atoms with Crippen molar-refractivity contribution >= 4 is 0 Å². The molecule has 1 saturated carbocycles. The van der Waals surface area contributed by atoms with E-state index in [9.17, 15) is 4.39 Å². The lowest BCUT2D eigenvalue weighted by Gasteiger charge is -2.30. The van der Waals surface area contributed by atoms with Crippen molar-refractivity contribution in [3.8, 4) is 0 Å². The number of hydrogen-bond acceptors (Lipinski definition) is 2. The third-order valence-corrected chi connectivity index (χ3v) is 4.20. The van der Waals surface area contributed by atoms with Crippen LogP contribution in [0.5, 0.6) is 0 Å².